The SMILES string of the molecule is C=Cc1ccc(Nc2ccc(N(C)C)cc2)nc1C(=C)Cl. The molecule has 0 aliphatic rings. The summed E-state index contributed by atoms with van der Waals surface area (Å²) in [7, 11) is 4.02. The molecule has 1 heterocycles. The predicted molar refractivity (Wildman–Crippen MR) is 93.3 cm³/mol. The Morgan fingerprint density at radius 1 is 1.19 bits per heavy atom. The first-order valence-corrected chi connectivity index (χ1v) is 6.91. The van der Waals surface area contributed by atoms with Crippen LogP contribution in [-0.2, 0) is 0 Å². The van der Waals surface area contributed by atoms with Gasteiger partial charge >= 0.3 is 0 Å². The smallest absolute Gasteiger partial charge is 0.131 e. The molecule has 2 rings (SSSR count). The van der Waals surface area contributed by atoms with Gasteiger partial charge < -0.3 is 10.2 Å². The summed E-state index contributed by atoms with van der Waals surface area (Å²) >= 11 is 5.98. The highest BCUT2D eigenvalue weighted by atomic mass is 35.5. The Morgan fingerprint density at radius 3 is 2.38 bits per heavy atom. The molecule has 0 aliphatic carbocycles. The normalized spacial score (nSPS) is 10.0. The van der Waals surface area contributed by atoms with Crippen LogP contribution < -0.4 is 10.2 Å². The Labute approximate surface area is 130 Å². The lowest BCUT2D eigenvalue weighted by Gasteiger charge is -2.13. The Morgan fingerprint density at radius 2 is 1.86 bits per heavy atom. The third kappa shape index (κ3) is 3.64. The molecule has 0 aliphatic heterocycles. The van der Waals surface area contributed by atoms with Crippen LogP contribution in [0.25, 0.3) is 11.1 Å². The maximum Gasteiger partial charge on any atom is 0.131 e. The maximum atomic E-state index is 5.98. The van der Waals surface area contributed by atoms with Crippen molar-refractivity contribution in [2.45, 2.75) is 0 Å². The zero-order chi connectivity index (χ0) is 15.4. The minimum Gasteiger partial charge on any atom is -0.378 e. The summed E-state index contributed by atoms with van der Waals surface area (Å²) in [5.41, 5.74) is 3.61. The summed E-state index contributed by atoms with van der Waals surface area (Å²) in [6, 6.07) is 11.9. The Balaban J connectivity index is 2.25. The van der Waals surface area contributed by atoms with Crippen LogP contribution in [0.15, 0.2) is 49.6 Å². The van der Waals surface area contributed by atoms with Crippen molar-refractivity contribution in [3.05, 3.63) is 60.8 Å². The molecule has 0 amide bonds. The van der Waals surface area contributed by atoms with E-state index in [1.807, 2.05) is 50.5 Å². The monoisotopic (exact) mass is 299 g/mol. The van der Waals surface area contributed by atoms with Crippen molar-refractivity contribution < 1.29 is 0 Å². The van der Waals surface area contributed by atoms with Gasteiger partial charge in [0.05, 0.1) is 10.7 Å². The van der Waals surface area contributed by atoms with Crippen LogP contribution in [0.5, 0.6) is 0 Å². The van der Waals surface area contributed by atoms with E-state index in [1.54, 1.807) is 6.08 Å². The third-order valence-corrected chi connectivity index (χ3v) is 3.24. The number of aromatic nitrogens is 1. The van der Waals surface area contributed by atoms with Crippen molar-refractivity contribution in [2.75, 3.05) is 24.3 Å². The van der Waals surface area contributed by atoms with E-state index in [0.29, 0.717) is 10.7 Å². The van der Waals surface area contributed by atoms with Crippen molar-refractivity contribution in [3.63, 3.8) is 0 Å². The zero-order valence-corrected chi connectivity index (χ0v) is 13.0. The van der Waals surface area contributed by atoms with Gasteiger partial charge in [0.2, 0.25) is 0 Å². The van der Waals surface area contributed by atoms with Gasteiger partial charge in [-0.25, -0.2) is 4.98 Å². The summed E-state index contributed by atoms with van der Waals surface area (Å²) in [6.07, 6.45) is 1.71. The minimum absolute atomic E-state index is 0.400. The molecule has 1 N–H and O–H groups in total. The van der Waals surface area contributed by atoms with Gasteiger partial charge in [-0.05, 0) is 36.4 Å². The first-order chi connectivity index (χ1) is 10.0. The third-order valence-electron chi connectivity index (χ3n) is 3.06. The number of hydrogen-bond acceptors (Lipinski definition) is 3. The lowest BCUT2D eigenvalue weighted by Crippen LogP contribution is -2.08. The van der Waals surface area contributed by atoms with Crippen molar-refractivity contribution in [2.24, 2.45) is 0 Å². The van der Waals surface area contributed by atoms with Crippen molar-refractivity contribution in [1.29, 1.82) is 0 Å². The maximum absolute atomic E-state index is 5.98. The molecule has 3 nitrogen and oxygen atoms in total. The molecule has 0 saturated carbocycles. The molecule has 0 radical (unpaired) electrons. The van der Waals surface area contributed by atoms with Crippen molar-refractivity contribution in [1.82, 2.24) is 4.98 Å². The summed E-state index contributed by atoms with van der Waals surface area (Å²) in [5, 5.41) is 3.65. The van der Waals surface area contributed by atoms with Gasteiger partial charge in [-0.2, -0.15) is 0 Å². The molecular weight excluding hydrogens is 282 g/mol. The van der Waals surface area contributed by atoms with E-state index < -0.39 is 0 Å². The van der Waals surface area contributed by atoms with E-state index in [0.717, 1.165) is 22.8 Å². The van der Waals surface area contributed by atoms with Gasteiger partial charge in [-0.15, -0.1) is 0 Å². The van der Waals surface area contributed by atoms with E-state index in [1.165, 1.54) is 0 Å². The van der Waals surface area contributed by atoms with E-state index >= 15 is 0 Å². The Kier molecular flexibility index (Phi) is 4.66. The number of rotatable bonds is 5. The average Bonchev–Trinajstić information content (AvgIpc) is 2.47. The molecule has 1 aromatic heterocycles. The first-order valence-electron chi connectivity index (χ1n) is 6.54. The highest BCUT2D eigenvalue weighted by molar-refractivity contribution is 6.48. The zero-order valence-electron chi connectivity index (χ0n) is 12.2. The average molecular weight is 300 g/mol. The number of hydrogen-bond donors (Lipinski definition) is 1. The molecule has 21 heavy (non-hydrogen) atoms. The number of nitrogens with zero attached hydrogens (tertiary/aromatic N) is 2. The van der Waals surface area contributed by atoms with Crippen molar-refractivity contribution >= 4 is 39.9 Å². The van der Waals surface area contributed by atoms with Crippen LogP contribution in [0, 0.1) is 0 Å². The largest absolute Gasteiger partial charge is 0.378 e. The molecule has 4 heteroatoms. The second kappa shape index (κ2) is 6.46. The summed E-state index contributed by atoms with van der Waals surface area (Å²) in [6.45, 7) is 7.48. The highest BCUT2D eigenvalue weighted by Gasteiger charge is 2.06. The molecule has 2 aromatic rings. The number of pyridine rings is 1. The van der Waals surface area contributed by atoms with Crippen molar-refractivity contribution in [3.8, 4) is 0 Å². The summed E-state index contributed by atoms with van der Waals surface area (Å²) in [5.74, 6) is 0.718. The lowest BCUT2D eigenvalue weighted by atomic mass is 10.2. The van der Waals surface area contributed by atoms with Crippen LogP contribution >= 0.6 is 11.6 Å². The van der Waals surface area contributed by atoms with E-state index in [-0.39, 0.29) is 0 Å². The molecule has 108 valence electrons. The number of halogens is 1. The Bertz CT molecular complexity index is 660. The van der Waals surface area contributed by atoms with Gasteiger partial charge in [0, 0.05) is 31.0 Å². The van der Waals surface area contributed by atoms with Crippen LogP contribution in [0.1, 0.15) is 11.3 Å². The molecule has 0 atom stereocenters. The fraction of sp³-hybridized carbons (Fsp3) is 0.118. The van der Waals surface area contributed by atoms with Crippen LogP contribution in [0.3, 0.4) is 0 Å². The van der Waals surface area contributed by atoms with E-state index in [2.05, 4.69) is 28.4 Å². The highest BCUT2D eigenvalue weighted by Crippen LogP contribution is 2.24. The van der Waals surface area contributed by atoms with Crippen LogP contribution in [0.4, 0.5) is 17.2 Å². The fourth-order valence-electron chi connectivity index (χ4n) is 1.91. The van der Waals surface area contributed by atoms with E-state index in [9.17, 15) is 0 Å². The molecule has 0 unspecified atom stereocenters. The van der Waals surface area contributed by atoms with Crippen LogP contribution in [-0.4, -0.2) is 19.1 Å². The first kappa shape index (κ1) is 15.1. The van der Waals surface area contributed by atoms with E-state index in [4.69, 9.17) is 11.6 Å². The van der Waals surface area contributed by atoms with Crippen LogP contribution in [0.2, 0.25) is 0 Å². The fourth-order valence-corrected chi connectivity index (χ4v) is 2.06. The topological polar surface area (TPSA) is 28.2 Å². The van der Waals surface area contributed by atoms with Gasteiger partial charge in [-0.1, -0.05) is 30.8 Å². The van der Waals surface area contributed by atoms with Gasteiger partial charge in [0.25, 0.3) is 0 Å². The van der Waals surface area contributed by atoms with Gasteiger partial charge in [0.1, 0.15) is 5.82 Å². The standard InChI is InChI=1S/C17H18ClN3/c1-5-13-6-11-16(20-17(13)12(2)18)19-14-7-9-15(10-8-14)21(3)4/h5-11H,1-2H2,3-4H3,(H,19,20). The van der Waals surface area contributed by atoms with Gasteiger partial charge in [-0.3, -0.25) is 0 Å². The molecule has 0 bridgehead atoms. The summed E-state index contributed by atoms with van der Waals surface area (Å²) in [4.78, 5) is 6.52. The lowest BCUT2D eigenvalue weighted by molar-refractivity contribution is 1.13. The molecule has 0 fully saturated rings. The number of anilines is 3. The molecular formula is C17H18ClN3. The second-order valence-corrected chi connectivity index (χ2v) is 5.27. The van der Waals surface area contributed by atoms with Gasteiger partial charge in [0.15, 0.2) is 0 Å². The number of nitrogens with one attached hydrogen (secondary N) is 1. The Hall–Kier alpha value is -2.26. The quantitative estimate of drug-likeness (QED) is 0.864. The second-order valence-electron chi connectivity index (χ2n) is 4.81. The molecule has 0 saturated heterocycles. The predicted octanol–water partition coefficient (Wildman–Crippen LogP) is 4.74. The molecule has 0 spiro atoms. The number of benzene rings is 1. The minimum atomic E-state index is 0.400. The molecule has 1 aromatic carbocycles. The summed E-state index contributed by atoms with van der Waals surface area (Å²) < 4.78 is 0.